The number of hydrogen-bond donors (Lipinski definition) is 2. The van der Waals surface area contributed by atoms with E-state index < -0.39 is 0 Å². The minimum absolute atomic E-state index is 0.0307. The highest BCUT2D eigenvalue weighted by atomic mass is 35.5. The highest BCUT2D eigenvalue weighted by Crippen LogP contribution is 2.43. The molecule has 2 aromatic carbocycles. The number of nitrogens with one attached hydrogen (secondary N) is 1. The predicted molar refractivity (Wildman–Crippen MR) is 115 cm³/mol. The summed E-state index contributed by atoms with van der Waals surface area (Å²) in [6.07, 6.45) is 1.62. The summed E-state index contributed by atoms with van der Waals surface area (Å²) in [5.41, 5.74) is 4.55. The summed E-state index contributed by atoms with van der Waals surface area (Å²) in [6, 6.07) is 11.6. The topological polar surface area (TPSA) is 66.0 Å². The highest BCUT2D eigenvalue weighted by molar-refractivity contribution is 7.18. The summed E-state index contributed by atoms with van der Waals surface area (Å²) in [4.78, 5) is 21.0. The first-order chi connectivity index (χ1) is 13.5. The van der Waals surface area contributed by atoms with E-state index >= 15 is 0 Å². The molecule has 1 aliphatic rings. The molecule has 2 heterocycles. The molecule has 0 spiro atoms. The molecule has 140 valence electrons. The van der Waals surface area contributed by atoms with Gasteiger partial charge in [0.25, 0.3) is 0 Å². The van der Waals surface area contributed by atoms with Gasteiger partial charge >= 0.3 is 0 Å². The van der Waals surface area contributed by atoms with Gasteiger partial charge in [0.15, 0.2) is 5.78 Å². The third kappa shape index (κ3) is 2.65. The fourth-order valence-corrected chi connectivity index (χ4v) is 5.03. The van der Waals surface area contributed by atoms with Crippen LogP contribution in [0.4, 0.5) is 0 Å². The standard InChI is InChI=1S/C22H17ClN2O2S/c1-11-24-22-17(28-11)9-8-14-18(22)20(19-15(26)6-3-7-16(19)27)21(25-14)12-4-2-5-13(23)10-12/h2,4-5,8-10,25-26H,3,6-7H2,1H3. The molecule has 0 bridgehead atoms. The molecule has 1 aliphatic carbocycles. The number of fused-ring (bicyclic) bond motifs is 3. The quantitative estimate of drug-likeness (QED) is 0.401. The average molecular weight is 409 g/mol. The van der Waals surface area contributed by atoms with Crippen molar-refractivity contribution in [3.05, 3.63) is 57.8 Å². The Morgan fingerprint density at radius 3 is 2.86 bits per heavy atom. The lowest BCUT2D eigenvalue weighted by Gasteiger charge is -2.16. The number of carbonyl (C=O) groups excluding carboxylic acids is 1. The summed E-state index contributed by atoms with van der Waals surface area (Å²) >= 11 is 7.86. The summed E-state index contributed by atoms with van der Waals surface area (Å²) in [7, 11) is 0. The number of benzene rings is 2. The number of aryl methyl sites for hydroxylation is 1. The Morgan fingerprint density at radius 1 is 1.21 bits per heavy atom. The summed E-state index contributed by atoms with van der Waals surface area (Å²) in [5, 5.41) is 13.1. The third-order valence-electron chi connectivity index (χ3n) is 5.18. The lowest BCUT2D eigenvalue weighted by Crippen LogP contribution is -2.11. The maximum absolute atomic E-state index is 12.9. The number of nitrogens with zero attached hydrogens (tertiary/aromatic N) is 1. The molecular weight excluding hydrogens is 392 g/mol. The number of carbonyl (C=O) groups is 1. The number of aliphatic hydroxyl groups is 1. The summed E-state index contributed by atoms with van der Waals surface area (Å²) < 4.78 is 1.06. The molecule has 0 aliphatic heterocycles. The van der Waals surface area contributed by atoms with Crippen molar-refractivity contribution in [3.63, 3.8) is 0 Å². The summed E-state index contributed by atoms with van der Waals surface area (Å²) in [5.74, 6) is 0.126. The number of H-pyrrole nitrogens is 1. The van der Waals surface area contributed by atoms with Crippen LogP contribution in [0.1, 0.15) is 29.8 Å². The largest absolute Gasteiger partial charge is 0.512 e. The molecule has 4 nitrogen and oxygen atoms in total. The Bertz CT molecular complexity index is 1300. The number of Topliss-reactive ketones (excluding diaryl/α,β-unsaturated/α-hetero) is 1. The number of aliphatic hydroxyl groups excluding tert-OH is 1. The van der Waals surface area contributed by atoms with Crippen LogP contribution in [0.2, 0.25) is 5.02 Å². The van der Waals surface area contributed by atoms with E-state index in [9.17, 15) is 9.90 Å². The molecule has 2 N–H and O–H groups in total. The van der Waals surface area contributed by atoms with Gasteiger partial charge in [-0.3, -0.25) is 4.79 Å². The average Bonchev–Trinajstić information content (AvgIpc) is 3.21. The van der Waals surface area contributed by atoms with Crippen LogP contribution in [0.3, 0.4) is 0 Å². The molecule has 0 amide bonds. The van der Waals surface area contributed by atoms with E-state index in [1.165, 1.54) is 0 Å². The molecule has 0 radical (unpaired) electrons. The molecule has 4 aromatic rings. The van der Waals surface area contributed by atoms with Crippen LogP contribution < -0.4 is 0 Å². The van der Waals surface area contributed by atoms with Crippen molar-refractivity contribution in [3.8, 4) is 11.3 Å². The predicted octanol–water partition coefficient (Wildman–Crippen LogP) is 6.43. The number of ketones is 1. The number of aromatic amines is 1. The maximum Gasteiger partial charge on any atom is 0.166 e. The SMILES string of the molecule is Cc1nc2c(ccc3[nH]c(-c4cccc(Cl)c4)c(C4=C(O)CCCC4=O)c32)s1. The molecule has 0 saturated carbocycles. The van der Waals surface area contributed by atoms with Crippen LogP contribution in [0.5, 0.6) is 0 Å². The van der Waals surface area contributed by atoms with E-state index in [2.05, 4.69) is 4.98 Å². The molecule has 0 unspecified atom stereocenters. The zero-order chi connectivity index (χ0) is 19.4. The fourth-order valence-electron chi connectivity index (χ4n) is 4.01. The van der Waals surface area contributed by atoms with Gasteiger partial charge in [-0.2, -0.15) is 0 Å². The van der Waals surface area contributed by atoms with E-state index in [-0.39, 0.29) is 11.5 Å². The van der Waals surface area contributed by atoms with Gasteiger partial charge in [-0.25, -0.2) is 4.98 Å². The van der Waals surface area contributed by atoms with Crippen LogP contribution in [-0.2, 0) is 4.79 Å². The maximum atomic E-state index is 12.9. The monoisotopic (exact) mass is 408 g/mol. The number of halogens is 1. The van der Waals surface area contributed by atoms with Gasteiger partial charge in [-0.1, -0.05) is 23.7 Å². The van der Waals surface area contributed by atoms with Crippen LogP contribution in [0.25, 0.3) is 38.0 Å². The third-order valence-corrected chi connectivity index (χ3v) is 6.35. The summed E-state index contributed by atoms with van der Waals surface area (Å²) in [6.45, 7) is 1.98. The Hall–Kier alpha value is -2.63. The minimum Gasteiger partial charge on any atom is -0.512 e. The number of allylic oxidation sites excluding steroid dienone is 2. The number of hydrogen-bond acceptors (Lipinski definition) is 4. The molecule has 0 saturated heterocycles. The van der Waals surface area contributed by atoms with Crippen molar-refractivity contribution in [1.29, 1.82) is 0 Å². The molecule has 2 aromatic heterocycles. The van der Waals surface area contributed by atoms with Crippen molar-refractivity contribution in [2.45, 2.75) is 26.2 Å². The first kappa shape index (κ1) is 17.5. The van der Waals surface area contributed by atoms with Gasteiger partial charge in [0, 0.05) is 39.9 Å². The first-order valence-corrected chi connectivity index (χ1v) is 10.4. The van der Waals surface area contributed by atoms with Crippen LogP contribution >= 0.6 is 22.9 Å². The van der Waals surface area contributed by atoms with Gasteiger partial charge < -0.3 is 10.1 Å². The molecule has 5 rings (SSSR count). The van der Waals surface area contributed by atoms with Gasteiger partial charge in [0.2, 0.25) is 0 Å². The fraction of sp³-hybridized carbons (Fsp3) is 0.182. The van der Waals surface area contributed by atoms with Crippen LogP contribution in [0, 0.1) is 6.92 Å². The van der Waals surface area contributed by atoms with Crippen molar-refractivity contribution in [2.75, 3.05) is 0 Å². The molecule has 6 heteroatoms. The van der Waals surface area contributed by atoms with E-state index in [1.54, 1.807) is 11.3 Å². The number of rotatable bonds is 2. The highest BCUT2D eigenvalue weighted by Gasteiger charge is 2.29. The second kappa shape index (κ2) is 6.47. The van der Waals surface area contributed by atoms with E-state index in [1.807, 2.05) is 43.3 Å². The first-order valence-electron chi connectivity index (χ1n) is 9.16. The molecule has 0 fully saturated rings. The van der Waals surface area contributed by atoms with Crippen LogP contribution in [0.15, 0.2) is 42.2 Å². The van der Waals surface area contributed by atoms with E-state index in [0.29, 0.717) is 29.9 Å². The van der Waals surface area contributed by atoms with Crippen molar-refractivity contribution in [1.82, 2.24) is 9.97 Å². The lowest BCUT2D eigenvalue weighted by molar-refractivity contribution is -0.114. The second-order valence-electron chi connectivity index (χ2n) is 7.05. The zero-order valence-corrected chi connectivity index (χ0v) is 16.7. The Balaban J connectivity index is 1.95. The van der Waals surface area contributed by atoms with E-state index in [4.69, 9.17) is 16.6 Å². The van der Waals surface area contributed by atoms with Crippen molar-refractivity contribution < 1.29 is 9.90 Å². The number of thiazole rings is 1. The van der Waals surface area contributed by atoms with Gasteiger partial charge in [-0.15, -0.1) is 11.3 Å². The van der Waals surface area contributed by atoms with Gasteiger partial charge in [-0.05, 0) is 37.6 Å². The minimum atomic E-state index is -0.0307. The Kier molecular flexibility index (Phi) is 4.03. The number of aromatic nitrogens is 2. The Labute approximate surface area is 170 Å². The normalized spacial score (nSPS) is 15.1. The molecular formula is C22H17ClN2O2S. The van der Waals surface area contributed by atoms with Crippen LogP contribution in [-0.4, -0.2) is 20.9 Å². The molecule has 28 heavy (non-hydrogen) atoms. The van der Waals surface area contributed by atoms with Gasteiger partial charge in [0.1, 0.15) is 5.76 Å². The van der Waals surface area contributed by atoms with Gasteiger partial charge in [0.05, 0.1) is 26.5 Å². The smallest absolute Gasteiger partial charge is 0.166 e. The second-order valence-corrected chi connectivity index (χ2v) is 8.72. The van der Waals surface area contributed by atoms with Crippen molar-refractivity contribution >= 4 is 55.4 Å². The zero-order valence-electron chi connectivity index (χ0n) is 15.2. The van der Waals surface area contributed by atoms with Crippen molar-refractivity contribution in [2.24, 2.45) is 0 Å². The van der Waals surface area contributed by atoms with E-state index in [0.717, 1.165) is 42.9 Å². The lowest BCUT2D eigenvalue weighted by atomic mass is 9.88. The molecule has 0 atom stereocenters. The Morgan fingerprint density at radius 2 is 2.07 bits per heavy atom.